The average Bonchev–Trinajstić information content (AvgIpc) is 2.58. The molecule has 0 aliphatic carbocycles. The molecule has 0 aromatic heterocycles. The van der Waals surface area contributed by atoms with Crippen molar-refractivity contribution in [3.05, 3.63) is 80.0 Å². The number of nitro groups is 2. The minimum atomic E-state index is -0.698. The van der Waals surface area contributed by atoms with Gasteiger partial charge in [0.2, 0.25) is 11.9 Å². The van der Waals surface area contributed by atoms with Gasteiger partial charge in [-0.25, -0.2) is 0 Å². The number of benzene rings is 2. The normalized spacial score (nSPS) is 10.5. The summed E-state index contributed by atoms with van der Waals surface area (Å²) >= 11 is 0. The monoisotopic (exact) mass is 330 g/mol. The second-order valence-corrected chi connectivity index (χ2v) is 4.67. The Labute approximate surface area is 137 Å². The molecule has 0 saturated heterocycles. The van der Waals surface area contributed by atoms with Crippen LogP contribution in [-0.4, -0.2) is 17.0 Å². The number of nitrogens with zero attached hydrogens (tertiary/aromatic N) is 2. The lowest BCUT2D eigenvalue weighted by atomic mass is 10.1. The van der Waals surface area contributed by atoms with Crippen LogP contribution in [0.1, 0.15) is 11.1 Å². The molecule has 24 heavy (non-hydrogen) atoms. The topological polar surface area (TPSA) is 105 Å². The molecule has 0 fully saturated rings. The van der Waals surface area contributed by atoms with Crippen LogP contribution in [0.2, 0.25) is 0 Å². The van der Waals surface area contributed by atoms with Crippen molar-refractivity contribution in [3.8, 4) is 11.5 Å². The smallest absolute Gasteiger partial charge is 0.322 e. The molecular formula is C16H14N2O6. The summed E-state index contributed by atoms with van der Waals surface area (Å²) in [7, 11) is 1.28. The molecule has 2 aromatic rings. The molecule has 2 aromatic carbocycles. The van der Waals surface area contributed by atoms with Gasteiger partial charge in [0, 0.05) is 6.08 Å². The summed E-state index contributed by atoms with van der Waals surface area (Å²) in [4.78, 5) is 20.4. The van der Waals surface area contributed by atoms with Crippen LogP contribution in [-0.2, 0) is 6.61 Å². The van der Waals surface area contributed by atoms with Crippen LogP contribution in [0, 0.1) is 20.2 Å². The van der Waals surface area contributed by atoms with E-state index in [4.69, 9.17) is 9.47 Å². The first-order valence-electron chi connectivity index (χ1n) is 6.86. The van der Waals surface area contributed by atoms with Crippen molar-refractivity contribution in [2.75, 3.05) is 7.11 Å². The first-order valence-corrected chi connectivity index (χ1v) is 6.86. The summed E-state index contributed by atoms with van der Waals surface area (Å²) in [6.45, 7) is 0.207. The molecule has 0 amide bonds. The predicted molar refractivity (Wildman–Crippen MR) is 86.5 cm³/mol. The number of ether oxygens (including phenoxy) is 2. The second-order valence-electron chi connectivity index (χ2n) is 4.67. The van der Waals surface area contributed by atoms with Gasteiger partial charge in [0.1, 0.15) is 6.61 Å². The summed E-state index contributed by atoms with van der Waals surface area (Å²) in [5.41, 5.74) is 0.557. The summed E-state index contributed by atoms with van der Waals surface area (Å²) < 4.78 is 10.7. The predicted octanol–water partition coefficient (Wildman–Crippen LogP) is 3.43. The fourth-order valence-electron chi connectivity index (χ4n) is 2.08. The molecule has 2 rings (SSSR count). The van der Waals surface area contributed by atoms with Crippen molar-refractivity contribution in [2.45, 2.75) is 6.61 Å². The fourth-order valence-corrected chi connectivity index (χ4v) is 2.08. The Bertz CT molecular complexity index is 774. The van der Waals surface area contributed by atoms with Crippen LogP contribution in [0.25, 0.3) is 6.08 Å². The minimum Gasteiger partial charge on any atom is -0.488 e. The molecule has 0 aliphatic rings. The molecule has 124 valence electrons. The van der Waals surface area contributed by atoms with E-state index in [-0.39, 0.29) is 29.4 Å². The van der Waals surface area contributed by atoms with Gasteiger partial charge in [0.25, 0.3) is 0 Å². The Morgan fingerprint density at radius 1 is 1.08 bits per heavy atom. The molecule has 0 unspecified atom stereocenters. The number of rotatable bonds is 7. The summed E-state index contributed by atoms with van der Waals surface area (Å²) in [5, 5.41) is 21.8. The first-order chi connectivity index (χ1) is 11.5. The number of hydrogen-bond donors (Lipinski definition) is 0. The van der Waals surface area contributed by atoms with Gasteiger partial charge in [0.05, 0.1) is 22.5 Å². The van der Waals surface area contributed by atoms with Crippen molar-refractivity contribution in [1.29, 1.82) is 0 Å². The van der Waals surface area contributed by atoms with Crippen LogP contribution in [0.15, 0.2) is 48.7 Å². The molecule has 0 bridgehead atoms. The largest absolute Gasteiger partial charge is 0.488 e. The van der Waals surface area contributed by atoms with E-state index < -0.39 is 9.85 Å². The fraction of sp³-hybridized carbons (Fsp3) is 0.125. The SMILES string of the molecule is COc1c(OCc2ccccc2)ccc(C=C[N+](=O)[O-])c1[N+](=O)[O-]. The Balaban J connectivity index is 2.37. The molecule has 8 nitrogen and oxygen atoms in total. The average molecular weight is 330 g/mol. The lowest BCUT2D eigenvalue weighted by molar-refractivity contribution is -0.401. The highest BCUT2D eigenvalue weighted by Crippen LogP contribution is 2.40. The highest BCUT2D eigenvalue weighted by atomic mass is 16.6. The molecule has 0 heterocycles. The summed E-state index contributed by atoms with van der Waals surface area (Å²) in [5.74, 6) is 0.104. The number of nitro benzene ring substituents is 1. The van der Waals surface area contributed by atoms with Crippen molar-refractivity contribution < 1.29 is 19.3 Å². The molecule has 0 saturated carbocycles. The molecular weight excluding hydrogens is 316 g/mol. The third-order valence-corrected chi connectivity index (χ3v) is 3.13. The van der Waals surface area contributed by atoms with Crippen LogP contribution in [0.3, 0.4) is 0 Å². The highest BCUT2D eigenvalue weighted by molar-refractivity contribution is 5.70. The zero-order valence-electron chi connectivity index (χ0n) is 12.7. The van der Waals surface area contributed by atoms with Gasteiger partial charge in [-0.3, -0.25) is 20.2 Å². The van der Waals surface area contributed by atoms with Gasteiger partial charge in [-0.15, -0.1) is 0 Å². The Morgan fingerprint density at radius 2 is 1.79 bits per heavy atom. The number of methoxy groups -OCH3 is 1. The quantitative estimate of drug-likeness (QED) is 0.569. The zero-order valence-corrected chi connectivity index (χ0v) is 12.7. The maximum Gasteiger partial charge on any atom is 0.322 e. The van der Waals surface area contributed by atoms with Gasteiger partial charge in [-0.2, -0.15) is 0 Å². The van der Waals surface area contributed by atoms with Gasteiger partial charge in [-0.1, -0.05) is 30.3 Å². The van der Waals surface area contributed by atoms with E-state index in [9.17, 15) is 20.2 Å². The van der Waals surface area contributed by atoms with E-state index in [1.165, 1.54) is 19.2 Å². The van der Waals surface area contributed by atoms with E-state index in [0.717, 1.165) is 11.6 Å². The Kier molecular flexibility index (Phi) is 5.45. The van der Waals surface area contributed by atoms with Crippen molar-refractivity contribution >= 4 is 11.8 Å². The third kappa shape index (κ3) is 4.07. The molecule has 0 N–H and O–H groups in total. The highest BCUT2D eigenvalue weighted by Gasteiger charge is 2.24. The van der Waals surface area contributed by atoms with Crippen molar-refractivity contribution in [1.82, 2.24) is 0 Å². The Morgan fingerprint density at radius 3 is 2.38 bits per heavy atom. The zero-order chi connectivity index (χ0) is 17.5. The standard InChI is InChI=1S/C16H14N2O6/c1-23-16-14(24-11-12-5-3-2-4-6-12)8-7-13(9-10-17(19)20)15(16)18(21)22/h2-10H,11H2,1H3. The maximum atomic E-state index is 11.3. The van der Waals surface area contributed by atoms with Crippen LogP contribution in [0.4, 0.5) is 5.69 Å². The van der Waals surface area contributed by atoms with E-state index in [0.29, 0.717) is 6.20 Å². The van der Waals surface area contributed by atoms with Crippen LogP contribution in [0.5, 0.6) is 11.5 Å². The molecule has 0 aliphatic heterocycles. The minimum absolute atomic E-state index is 0.0561. The third-order valence-electron chi connectivity index (χ3n) is 3.13. The second kappa shape index (κ2) is 7.73. The van der Waals surface area contributed by atoms with Crippen LogP contribution < -0.4 is 9.47 Å². The molecule has 0 radical (unpaired) electrons. The lowest BCUT2D eigenvalue weighted by Gasteiger charge is -2.12. The molecule has 8 heteroatoms. The van der Waals surface area contributed by atoms with E-state index in [1.807, 2.05) is 30.3 Å². The van der Waals surface area contributed by atoms with Gasteiger partial charge < -0.3 is 9.47 Å². The van der Waals surface area contributed by atoms with Crippen molar-refractivity contribution in [2.24, 2.45) is 0 Å². The van der Waals surface area contributed by atoms with Gasteiger partial charge in [0.15, 0.2) is 5.75 Å². The summed E-state index contributed by atoms with van der Waals surface area (Å²) in [6.07, 6.45) is 1.67. The molecule has 0 atom stereocenters. The van der Waals surface area contributed by atoms with Gasteiger partial charge >= 0.3 is 5.69 Å². The van der Waals surface area contributed by atoms with E-state index in [2.05, 4.69) is 0 Å². The van der Waals surface area contributed by atoms with E-state index in [1.54, 1.807) is 0 Å². The first kappa shape index (κ1) is 16.9. The number of hydrogen-bond acceptors (Lipinski definition) is 6. The summed E-state index contributed by atoms with van der Waals surface area (Å²) in [6, 6.07) is 12.1. The van der Waals surface area contributed by atoms with E-state index >= 15 is 0 Å². The Hall–Kier alpha value is -3.42. The molecule has 0 spiro atoms. The maximum absolute atomic E-state index is 11.3. The van der Waals surface area contributed by atoms with Crippen LogP contribution >= 0.6 is 0 Å². The van der Waals surface area contributed by atoms with Gasteiger partial charge in [-0.05, 0) is 17.7 Å². The lowest BCUT2D eigenvalue weighted by Crippen LogP contribution is -2.02. The van der Waals surface area contributed by atoms with Crippen molar-refractivity contribution in [3.63, 3.8) is 0 Å².